The SMILES string of the molecule is CC1(C)[C@H]2Cc3c(O)cccc3[C@]1(C)CCN2C(=O)c1cccc(C(N)=O)c1. The maximum absolute atomic E-state index is 13.4. The summed E-state index contributed by atoms with van der Waals surface area (Å²) in [6.45, 7) is 7.31. The lowest BCUT2D eigenvalue weighted by molar-refractivity contribution is -0.0266. The number of benzene rings is 2. The Balaban J connectivity index is 1.77. The number of phenolic OH excluding ortho intramolecular Hbond substituents is 1. The Labute approximate surface area is 165 Å². The lowest BCUT2D eigenvalue weighted by Gasteiger charge is -2.60. The Morgan fingerprint density at radius 3 is 2.50 bits per heavy atom. The fourth-order valence-electron chi connectivity index (χ4n) is 5.14. The average molecular weight is 378 g/mol. The van der Waals surface area contributed by atoms with Gasteiger partial charge in [-0.15, -0.1) is 0 Å². The van der Waals surface area contributed by atoms with Gasteiger partial charge in [0.25, 0.3) is 5.91 Å². The number of nitrogens with two attached hydrogens (primary N) is 1. The quantitative estimate of drug-likeness (QED) is 0.841. The predicted octanol–water partition coefficient (Wildman–Crippen LogP) is 3.25. The number of carbonyl (C=O) groups is 2. The summed E-state index contributed by atoms with van der Waals surface area (Å²) >= 11 is 0. The molecular formula is C23H26N2O3. The van der Waals surface area contributed by atoms with Crippen LogP contribution in [0.5, 0.6) is 5.75 Å². The summed E-state index contributed by atoms with van der Waals surface area (Å²) in [6.07, 6.45) is 1.43. The van der Waals surface area contributed by atoms with E-state index in [1.807, 2.05) is 11.0 Å². The largest absolute Gasteiger partial charge is 0.508 e. The maximum atomic E-state index is 13.4. The predicted molar refractivity (Wildman–Crippen MR) is 107 cm³/mol. The Morgan fingerprint density at radius 1 is 1.11 bits per heavy atom. The van der Waals surface area contributed by atoms with E-state index in [1.165, 1.54) is 5.56 Å². The van der Waals surface area contributed by atoms with Gasteiger partial charge in [-0.1, -0.05) is 39.0 Å². The van der Waals surface area contributed by atoms with Crippen LogP contribution in [-0.4, -0.2) is 34.4 Å². The molecule has 4 rings (SSSR count). The summed E-state index contributed by atoms with van der Waals surface area (Å²) < 4.78 is 0. The van der Waals surface area contributed by atoms with Gasteiger partial charge < -0.3 is 15.7 Å². The molecule has 2 amide bonds. The highest BCUT2D eigenvalue weighted by atomic mass is 16.3. The van der Waals surface area contributed by atoms with Crippen molar-refractivity contribution in [2.75, 3.05) is 6.54 Å². The van der Waals surface area contributed by atoms with Gasteiger partial charge in [-0.3, -0.25) is 9.59 Å². The number of primary amides is 1. The van der Waals surface area contributed by atoms with Gasteiger partial charge >= 0.3 is 0 Å². The molecule has 1 saturated heterocycles. The molecule has 5 nitrogen and oxygen atoms in total. The summed E-state index contributed by atoms with van der Waals surface area (Å²) in [5.74, 6) is -0.339. The minimum absolute atomic E-state index is 0.0446. The third-order valence-corrected chi connectivity index (χ3v) is 7.28. The number of nitrogens with zero attached hydrogens (tertiary/aromatic N) is 1. The topological polar surface area (TPSA) is 83.6 Å². The third-order valence-electron chi connectivity index (χ3n) is 7.28. The van der Waals surface area contributed by atoms with Crippen LogP contribution in [0.2, 0.25) is 0 Å². The molecule has 2 aromatic carbocycles. The molecule has 1 aliphatic carbocycles. The molecule has 1 aliphatic heterocycles. The van der Waals surface area contributed by atoms with Crippen molar-refractivity contribution in [3.63, 3.8) is 0 Å². The van der Waals surface area contributed by atoms with Gasteiger partial charge in [0.2, 0.25) is 5.91 Å². The van der Waals surface area contributed by atoms with E-state index in [0.29, 0.717) is 29.8 Å². The first-order valence-corrected chi connectivity index (χ1v) is 9.69. The first kappa shape index (κ1) is 18.5. The van der Waals surface area contributed by atoms with Crippen LogP contribution in [-0.2, 0) is 11.8 Å². The molecule has 1 heterocycles. The summed E-state index contributed by atoms with van der Waals surface area (Å²) in [5.41, 5.74) is 8.02. The molecule has 3 N–H and O–H groups in total. The summed E-state index contributed by atoms with van der Waals surface area (Å²) in [6, 6.07) is 12.3. The highest BCUT2D eigenvalue weighted by molar-refractivity contribution is 5.99. The Morgan fingerprint density at radius 2 is 1.79 bits per heavy atom. The van der Waals surface area contributed by atoms with E-state index >= 15 is 0 Å². The van der Waals surface area contributed by atoms with Gasteiger partial charge in [0.15, 0.2) is 0 Å². The summed E-state index contributed by atoms with van der Waals surface area (Å²) in [5, 5.41) is 10.5. The molecular weight excluding hydrogens is 352 g/mol. The van der Waals surface area contributed by atoms with Crippen molar-refractivity contribution in [3.8, 4) is 5.75 Å². The smallest absolute Gasteiger partial charge is 0.254 e. The van der Waals surface area contributed by atoms with Crippen LogP contribution in [0.4, 0.5) is 0 Å². The molecule has 0 aromatic heterocycles. The van der Waals surface area contributed by atoms with Crippen molar-refractivity contribution in [3.05, 3.63) is 64.7 Å². The van der Waals surface area contributed by atoms with Crippen LogP contribution in [0.25, 0.3) is 0 Å². The van der Waals surface area contributed by atoms with E-state index in [2.05, 4.69) is 26.8 Å². The second-order valence-electron chi connectivity index (χ2n) is 8.77. The number of carbonyl (C=O) groups excluding carboxylic acids is 2. The zero-order valence-corrected chi connectivity index (χ0v) is 16.5. The van der Waals surface area contributed by atoms with Crippen molar-refractivity contribution in [2.24, 2.45) is 11.1 Å². The van der Waals surface area contributed by atoms with E-state index < -0.39 is 5.91 Å². The molecule has 2 atom stereocenters. The van der Waals surface area contributed by atoms with Crippen LogP contribution in [0.3, 0.4) is 0 Å². The lowest BCUT2D eigenvalue weighted by atomic mass is 9.51. The van der Waals surface area contributed by atoms with Crippen LogP contribution in [0.15, 0.2) is 42.5 Å². The molecule has 2 aliphatic rings. The average Bonchev–Trinajstić information content (AvgIpc) is 2.65. The number of rotatable bonds is 2. The molecule has 2 aromatic rings. The van der Waals surface area contributed by atoms with E-state index in [-0.39, 0.29) is 22.8 Å². The fourth-order valence-corrected chi connectivity index (χ4v) is 5.14. The first-order valence-electron chi connectivity index (χ1n) is 9.69. The minimum Gasteiger partial charge on any atom is -0.508 e. The van der Waals surface area contributed by atoms with E-state index in [1.54, 1.807) is 30.3 Å². The van der Waals surface area contributed by atoms with Crippen molar-refractivity contribution in [1.82, 2.24) is 4.90 Å². The first-order chi connectivity index (χ1) is 13.2. The van der Waals surface area contributed by atoms with Crippen LogP contribution < -0.4 is 5.73 Å². The number of aromatic hydroxyl groups is 1. The number of phenols is 1. The fraction of sp³-hybridized carbons (Fsp3) is 0.391. The standard InChI is InChI=1S/C23H26N2O3/c1-22(2)19-13-16-17(8-5-9-18(16)26)23(22,3)10-11-25(19)21(28)15-7-4-6-14(12-15)20(24)27/h4-9,12,19,26H,10-11,13H2,1-3H3,(H2,24,27)/t19-,23+/m1/s1. The monoisotopic (exact) mass is 378 g/mol. The van der Waals surface area contributed by atoms with Crippen molar-refractivity contribution < 1.29 is 14.7 Å². The number of likely N-dealkylation sites (tertiary alicyclic amines) is 1. The van der Waals surface area contributed by atoms with Crippen molar-refractivity contribution >= 4 is 11.8 Å². The second-order valence-corrected chi connectivity index (χ2v) is 8.77. The molecule has 146 valence electrons. The van der Waals surface area contributed by atoms with Crippen molar-refractivity contribution in [1.29, 1.82) is 0 Å². The van der Waals surface area contributed by atoms with E-state index in [0.717, 1.165) is 12.0 Å². The van der Waals surface area contributed by atoms with Crippen molar-refractivity contribution in [2.45, 2.75) is 45.1 Å². The van der Waals surface area contributed by atoms with E-state index in [9.17, 15) is 14.7 Å². The number of piperidine rings is 1. The van der Waals surface area contributed by atoms with E-state index in [4.69, 9.17) is 5.73 Å². The van der Waals surface area contributed by atoms with Gasteiger partial charge in [-0.25, -0.2) is 0 Å². The van der Waals surface area contributed by atoms with Crippen LogP contribution in [0, 0.1) is 5.41 Å². The number of fused-ring (bicyclic) bond motifs is 4. The molecule has 2 bridgehead atoms. The Bertz CT molecular complexity index is 982. The second kappa shape index (κ2) is 6.09. The highest BCUT2D eigenvalue weighted by Crippen LogP contribution is 2.57. The normalized spacial score (nSPS) is 25.1. The number of hydrogen-bond acceptors (Lipinski definition) is 3. The molecule has 0 unspecified atom stereocenters. The maximum Gasteiger partial charge on any atom is 0.254 e. The molecule has 0 radical (unpaired) electrons. The van der Waals surface area contributed by atoms with Gasteiger partial charge in [-0.2, -0.15) is 0 Å². The highest BCUT2D eigenvalue weighted by Gasteiger charge is 2.57. The minimum atomic E-state index is -0.544. The number of amides is 2. The van der Waals surface area contributed by atoms with Gasteiger partial charge in [0.1, 0.15) is 5.75 Å². The van der Waals surface area contributed by atoms with Crippen LogP contribution in [0.1, 0.15) is 59.0 Å². The molecule has 0 spiro atoms. The third kappa shape index (κ3) is 2.45. The zero-order valence-electron chi connectivity index (χ0n) is 16.5. The Kier molecular flexibility index (Phi) is 4.03. The summed E-state index contributed by atoms with van der Waals surface area (Å²) in [7, 11) is 0. The molecule has 0 saturated carbocycles. The van der Waals surface area contributed by atoms with Gasteiger partial charge in [0, 0.05) is 29.1 Å². The molecule has 1 fully saturated rings. The van der Waals surface area contributed by atoms with Gasteiger partial charge in [0.05, 0.1) is 0 Å². The molecule has 5 heteroatoms. The Hall–Kier alpha value is -2.82. The zero-order chi connectivity index (χ0) is 20.3. The summed E-state index contributed by atoms with van der Waals surface area (Å²) in [4.78, 5) is 26.8. The number of hydrogen-bond donors (Lipinski definition) is 2. The van der Waals surface area contributed by atoms with Crippen LogP contribution >= 0.6 is 0 Å². The molecule has 28 heavy (non-hydrogen) atoms. The van der Waals surface area contributed by atoms with Gasteiger partial charge in [-0.05, 0) is 53.6 Å². The lowest BCUT2D eigenvalue weighted by Crippen LogP contribution is -2.64.